The van der Waals surface area contributed by atoms with Gasteiger partial charge in [-0.2, -0.15) is 5.01 Å². The van der Waals surface area contributed by atoms with Gasteiger partial charge in [0, 0.05) is 6.08 Å². The Balaban J connectivity index is 2.25. The molecule has 3 amide bonds. The van der Waals surface area contributed by atoms with Crippen LogP contribution in [0.15, 0.2) is 53.9 Å². The highest BCUT2D eigenvalue weighted by Gasteiger charge is 2.25. The lowest BCUT2D eigenvalue weighted by Crippen LogP contribution is -2.52. The third-order valence-corrected chi connectivity index (χ3v) is 3.73. The van der Waals surface area contributed by atoms with Gasteiger partial charge < -0.3 is 10.5 Å². The number of amides is 3. The molecule has 118 valence electrons. The molecule has 2 N–H and O–H groups in total. The van der Waals surface area contributed by atoms with Gasteiger partial charge in [-0.25, -0.2) is 9.80 Å². The number of nitrogens with two attached hydrogens (primary N) is 1. The maximum Gasteiger partial charge on any atom is 0.339 e. The lowest BCUT2D eigenvalue weighted by molar-refractivity contribution is -0.128. The number of aldehydes is 1. The second-order valence-electron chi connectivity index (χ2n) is 4.43. The van der Waals surface area contributed by atoms with Crippen LogP contribution in [0.4, 0.5) is 9.80 Å². The minimum atomic E-state index is -0.837. The van der Waals surface area contributed by atoms with Gasteiger partial charge in [-0.3, -0.25) is 4.79 Å². The van der Waals surface area contributed by atoms with Gasteiger partial charge in [-0.1, -0.05) is 30.3 Å². The van der Waals surface area contributed by atoms with Crippen LogP contribution in [0.2, 0.25) is 0 Å². The SMILES string of the molecule is NC(=O)N(c1cccs1)N(CC=O)C(=O)/C=C/c1ccccc1. The van der Waals surface area contributed by atoms with E-state index in [4.69, 9.17) is 5.73 Å². The summed E-state index contributed by atoms with van der Waals surface area (Å²) in [6.45, 7) is -0.279. The molecular formula is C16H15N3O3S. The van der Waals surface area contributed by atoms with E-state index in [-0.39, 0.29) is 6.54 Å². The third-order valence-electron chi connectivity index (χ3n) is 2.88. The first-order chi connectivity index (χ1) is 11.1. The molecular weight excluding hydrogens is 314 g/mol. The Morgan fingerprint density at radius 3 is 2.43 bits per heavy atom. The summed E-state index contributed by atoms with van der Waals surface area (Å²) in [6, 6.07) is 11.7. The molecule has 23 heavy (non-hydrogen) atoms. The first kappa shape index (κ1) is 16.4. The van der Waals surface area contributed by atoms with E-state index in [0.29, 0.717) is 11.3 Å². The fourth-order valence-electron chi connectivity index (χ4n) is 1.90. The maximum atomic E-state index is 12.4. The van der Waals surface area contributed by atoms with Crippen LogP contribution in [-0.2, 0) is 9.59 Å². The molecule has 0 radical (unpaired) electrons. The lowest BCUT2D eigenvalue weighted by atomic mass is 10.2. The molecule has 0 fully saturated rings. The van der Waals surface area contributed by atoms with E-state index in [9.17, 15) is 14.4 Å². The molecule has 7 heteroatoms. The highest BCUT2D eigenvalue weighted by atomic mass is 32.1. The highest BCUT2D eigenvalue weighted by molar-refractivity contribution is 7.14. The summed E-state index contributed by atoms with van der Waals surface area (Å²) in [5.74, 6) is -0.520. The Kier molecular flexibility index (Phi) is 5.65. The molecule has 0 aliphatic rings. The average molecular weight is 329 g/mol. The number of primary amides is 1. The first-order valence-corrected chi connectivity index (χ1v) is 7.62. The summed E-state index contributed by atoms with van der Waals surface area (Å²) in [6.07, 6.45) is 3.44. The van der Waals surface area contributed by atoms with Crippen molar-refractivity contribution < 1.29 is 14.4 Å². The molecule has 1 heterocycles. The van der Waals surface area contributed by atoms with E-state index in [1.807, 2.05) is 30.3 Å². The van der Waals surface area contributed by atoms with E-state index >= 15 is 0 Å². The average Bonchev–Trinajstić information content (AvgIpc) is 3.07. The number of nitrogens with zero attached hydrogens (tertiary/aromatic N) is 2. The first-order valence-electron chi connectivity index (χ1n) is 6.74. The van der Waals surface area contributed by atoms with E-state index in [2.05, 4.69) is 0 Å². The van der Waals surface area contributed by atoms with Gasteiger partial charge in [0.25, 0.3) is 5.91 Å². The number of anilines is 1. The molecule has 0 unspecified atom stereocenters. The zero-order valence-electron chi connectivity index (χ0n) is 12.2. The van der Waals surface area contributed by atoms with Gasteiger partial charge in [-0.15, -0.1) is 11.3 Å². The molecule has 1 aromatic heterocycles. The van der Waals surface area contributed by atoms with Crippen molar-refractivity contribution in [3.63, 3.8) is 0 Å². The zero-order chi connectivity index (χ0) is 16.7. The van der Waals surface area contributed by atoms with E-state index in [0.717, 1.165) is 15.6 Å². The Morgan fingerprint density at radius 2 is 1.87 bits per heavy atom. The van der Waals surface area contributed by atoms with Crippen molar-refractivity contribution >= 4 is 40.6 Å². The van der Waals surface area contributed by atoms with Gasteiger partial charge in [0.1, 0.15) is 11.3 Å². The second kappa shape index (κ2) is 7.90. The molecule has 0 aliphatic carbocycles. The Bertz CT molecular complexity index is 699. The number of carbonyl (C=O) groups is 3. The van der Waals surface area contributed by atoms with E-state index in [1.165, 1.54) is 17.4 Å². The molecule has 1 aromatic carbocycles. The van der Waals surface area contributed by atoms with Gasteiger partial charge in [0.05, 0.1) is 6.54 Å². The number of rotatable bonds is 5. The van der Waals surface area contributed by atoms with Crippen molar-refractivity contribution in [2.75, 3.05) is 11.6 Å². The smallest absolute Gasteiger partial charge is 0.339 e. The monoisotopic (exact) mass is 329 g/mol. The number of hydrogen-bond donors (Lipinski definition) is 1. The Labute approximate surface area is 137 Å². The number of hydrogen-bond acceptors (Lipinski definition) is 4. The van der Waals surface area contributed by atoms with Gasteiger partial charge in [-0.05, 0) is 29.2 Å². The Hall–Kier alpha value is -2.93. The minimum Gasteiger partial charge on any atom is -0.350 e. The van der Waals surface area contributed by atoms with Crippen molar-refractivity contribution in [3.8, 4) is 0 Å². The zero-order valence-corrected chi connectivity index (χ0v) is 13.0. The number of thiophene rings is 1. The van der Waals surface area contributed by atoms with E-state index in [1.54, 1.807) is 23.6 Å². The highest BCUT2D eigenvalue weighted by Crippen LogP contribution is 2.23. The molecule has 2 aromatic rings. The number of benzene rings is 1. The number of hydrazine groups is 1. The minimum absolute atomic E-state index is 0.279. The van der Waals surface area contributed by atoms with Crippen LogP contribution in [0, 0.1) is 0 Å². The standard InChI is InChI=1S/C16H15N3O3S/c17-16(22)19(15-7-4-12-23-15)18(10-11-20)14(21)9-8-13-5-2-1-3-6-13/h1-9,11-12H,10H2,(H2,17,22)/b9-8+. The second-order valence-corrected chi connectivity index (χ2v) is 5.36. The van der Waals surface area contributed by atoms with Crippen LogP contribution in [-0.4, -0.2) is 29.8 Å². The topological polar surface area (TPSA) is 83.7 Å². The summed E-state index contributed by atoms with van der Waals surface area (Å²) in [5, 5.41) is 4.20. The molecule has 6 nitrogen and oxygen atoms in total. The molecule has 0 saturated heterocycles. The third kappa shape index (κ3) is 4.27. The van der Waals surface area contributed by atoms with Crippen molar-refractivity contribution in [1.29, 1.82) is 0 Å². The Morgan fingerprint density at radius 1 is 1.13 bits per heavy atom. The van der Waals surface area contributed by atoms with Crippen molar-refractivity contribution in [2.24, 2.45) is 5.73 Å². The van der Waals surface area contributed by atoms with Crippen LogP contribution in [0.3, 0.4) is 0 Å². The van der Waals surface area contributed by atoms with Gasteiger partial charge in [0.2, 0.25) is 0 Å². The molecule has 0 atom stereocenters. The largest absolute Gasteiger partial charge is 0.350 e. The van der Waals surface area contributed by atoms with E-state index < -0.39 is 11.9 Å². The quantitative estimate of drug-likeness (QED) is 0.519. The fourth-order valence-corrected chi connectivity index (χ4v) is 2.64. The van der Waals surface area contributed by atoms with Gasteiger partial charge in [0.15, 0.2) is 0 Å². The maximum absolute atomic E-state index is 12.4. The normalized spacial score (nSPS) is 10.4. The van der Waals surface area contributed by atoms with Crippen LogP contribution < -0.4 is 10.7 Å². The van der Waals surface area contributed by atoms with Crippen molar-refractivity contribution in [3.05, 3.63) is 59.5 Å². The molecule has 0 aliphatic heterocycles. The number of urea groups is 1. The molecule has 0 spiro atoms. The van der Waals surface area contributed by atoms with Crippen LogP contribution in [0.5, 0.6) is 0 Å². The predicted molar refractivity (Wildman–Crippen MR) is 89.6 cm³/mol. The predicted octanol–water partition coefficient (Wildman–Crippen LogP) is 2.29. The van der Waals surface area contributed by atoms with Crippen molar-refractivity contribution in [2.45, 2.75) is 0 Å². The summed E-state index contributed by atoms with van der Waals surface area (Å²) in [4.78, 5) is 35.0. The van der Waals surface area contributed by atoms with Crippen molar-refractivity contribution in [1.82, 2.24) is 5.01 Å². The van der Waals surface area contributed by atoms with Gasteiger partial charge >= 0.3 is 6.03 Å². The molecule has 2 rings (SSSR count). The molecule has 0 saturated carbocycles. The number of carbonyl (C=O) groups excluding carboxylic acids is 3. The summed E-state index contributed by atoms with van der Waals surface area (Å²) < 4.78 is 0. The van der Waals surface area contributed by atoms with Crippen LogP contribution in [0.25, 0.3) is 6.08 Å². The summed E-state index contributed by atoms with van der Waals surface area (Å²) >= 11 is 1.24. The summed E-state index contributed by atoms with van der Waals surface area (Å²) in [7, 11) is 0. The fraction of sp³-hybridized carbons (Fsp3) is 0.0625. The van der Waals surface area contributed by atoms with Crippen LogP contribution in [0.1, 0.15) is 5.56 Å². The molecule has 0 bridgehead atoms. The summed E-state index contributed by atoms with van der Waals surface area (Å²) in [5.41, 5.74) is 6.19. The lowest BCUT2D eigenvalue weighted by Gasteiger charge is -2.30. The van der Waals surface area contributed by atoms with Crippen LogP contribution >= 0.6 is 11.3 Å².